The van der Waals surface area contributed by atoms with Gasteiger partial charge in [0.25, 0.3) is 0 Å². The van der Waals surface area contributed by atoms with Crippen LogP contribution in [-0.4, -0.2) is 33.1 Å². The molecule has 0 spiro atoms. The van der Waals surface area contributed by atoms with Crippen LogP contribution >= 0.6 is 0 Å². The predicted octanol–water partition coefficient (Wildman–Crippen LogP) is 6.98. The van der Waals surface area contributed by atoms with Gasteiger partial charge in [-0.05, 0) is 84.0 Å². The van der Waals surface area contributed by atoms with Gasteiger partial charge in [0.1, 0.15) is 23.1 Å². The number of halogens is 7. The average molecular weight is 631 g/mol. The van der Waals surface area contributed by atoms with Gasteiger partial charge in [-0.3, -0.25) is 4.79 Å². The number of rotatable bonds is 7. The normalized spacial score (nSPS) is 22.5. The Balaban J connectivity index is 1.58. The van der Waals surface area contributed by atoms with Crippen molar-refractivity contribution in [3.05, 3.63) is 88.2 Å². The summed E-state index contributed by atoms with van der Waals surface area (Å²) >= 11 is -2.03. The molecule has 3 aromatic carbocycles. The zero-order valence-electron chi connectivity index (χ0n) is 22.4. The lowest BCUT2D eigenvalue weighted by atomic mass is 9.90. The summed E-state index contributed by atoms with van der Waals surface area (Å²) in [6.45, 7) is 0. The number of nitrogens with zero attached hydrogens (tertiary/aromatic N) is 1. The maximum atomic E-state index is 14.2. The highest BCUT2D eigenvalue weighted by molar-refractivity contribution is 7.87. The van der Waals surface area contributed by atoms with Crippen molar-refractivity contribution in [3.8, 4) is 16.9 Å². The minimum Gasteiger partial charge on any atom is -0.579 e. The summed E-state index contributed by atoms with van der Waals surface area (Å²) in [7, 11) is 1.38. The molecule has 6 nitrogen and oxygen atoms in total. The molecule has 3 aromatic rings. The topological polar surface area (TPSA) is 84.9 Å². The fraction of sp³-hybridized carbons (Fsp3) is 0.345. The third-order valence-electron chi connectivity index (χ3n) is 7.70. The highest BCUT2D eigenvalue weighted by atomic mass is 32.2. The van der Waals surface area contributed by atoms with Crippen LogP contribution in [0.2, 0.25) is 0 Å². The third-order valence-corrected chi connectivity index (χ3v) is 9.06. The van der Waals surface area contributed by atoms with Crippen LogP contribution in [0.1, 0.15) is 59.2 Å². The minimum absolute atomic E-state index is 0.0779. The van der Waals surface area contributed by atoms with E-state index in [-0.39, 0.29) is 36.8 Å². The van der Waals surface area contributed by atoms with Gasteiger partial charge < -0.3 is 14.4 Å². The number of hydrogen-bond acceptors (Lipinski definition) is 5. The molecule has 2 N–H and O–H groups in total. The summed E-state index contributed by atoms with van der Waals surface area (Å²) in [5.74, 6) is -1.84. The molecule has 2 aliphatic heterocycles. The number of fused-ring (bicyclic) bond motifs is 1. The number of alkyl halides is 6. The molecule has 0 radical (unpaired) electrons. The van der Waals surface area contributed by atoms with Gasteiger partial charge in [0.15, 0.2) is 0 Å². The van der Waals surface area contributed by atoms with Gasteiger partial charge >= 0.3 is 18.3 Å². The van der Waals surface area contributed by atoms with Crippen molar-refractivity contribution in [1.29, 1.82) is 0 Å². The molecule has 14 heteroatoms. The van der Waals surface area contributed by atoms with E-state index in [1.54, 1.807) is 18.2 Å². The van der Waals surface area contributed by atoms with E-state index >= 15 is 0 Å². The fourth-order valence-corrected chi connectivity index (χ4v) is 7.34. The number of carboxylic acid groups (broad SMARTS) is 1. The monoisotopic (exact) mass is 630 g/mol. The second-order valence-corrected chi connectivity index (χ2v) is 11.5. The predicted molar refractivity (Wildman–Crippen MR) is 142 cm³/mol. The molecule has 0 aliphatic carbocycles. The molecule has 43 heavy (non-hydrogen) atoms. The SMILES string of the molecule is COc1ccc(CCC(=O)O)cc1-c1ccc(C(F)(F)F)cc1[C@@H]1CCC2C(c3cc(F)cc(C(F)(F)F)c3)N[S+]([O-])N21. The van der Waals surface area contributed by atoms with Crippen molar-refractivity contribution < 1.29 is 49.9 Å². The molecule has 2 aliphatic rings. The van der Waals surface area contributed by atoms with Gasteiger partial charge in [-0.15, -0.1) is 4.72 Å². The summed E-state index contributed by atoms with van der Waals surface area (Å²) in [5, 5.41) is 9.09. The van der Waals surface area contributed by atoms with Gasteiger partial charge in [0, 0.05) is 12.0 Å². The molecule has 3 unspecified atom stereocenters. The Bertz CT molecular complexity index is 1530. The van der Waals surface area contributed by atoms with Crippen LogP contribution in [0, 0.1) is 5.82 Å². The Labute approximate surface area is 244 Å². The lowest BCUT2D eigenvalue weighted by Gasteiger charge is -2.26. The van der Waals surface area contributed by atoms with E-state index in [0.717, 1.165) is 24.3 Å². The van der Waals surface area contributed by atoms with Gasteiger partial charge in [0.05, 0.1) is 36.4 Å². The van der Waals surface area contributed by atoms with Gasteiger partial charge in [0.2, 0.25) is 0 Å². The van der Waals surface area contributed by atoms with Crippen LogP contribution in [0.4, 0.5) is 30.7 Å². The number of carbonyl (C=O) groups is 1. The number of hydrogen-bond donors (Lipinski definition) is 2. The molecule has 2 saturated heterocycles. The van der Waals surface area contributed by atoms with Crippen molar-refractivity contribution >= 4 is 17.5 Å². The molecule has 0 aromatic heterocycles. The lowest BCUT2D eigenvalue weighted by molar-refractivity contribution is -0.138. The summed E-state index contributed by atoms with van der Waals surface area (Å²) in [4.78, 5) is 11.1. The average Bonchev–Trinajstić information content (AvgIpc) is 3.51. The summed E-state index contributed by atoms with van der Waals surface area (Å²) in [6.07, 6.45) is -9.09. The van der Waals surface area contributed by atoms with E-state index in [1.165, 1.54) is 17.5 Å². The number of methoxy groups -OCH3 is 1. The third kappa shape index (κ3) is 6.33. The second kappa shape index (κ2) is 11.6. The Hall–Kier alpha value is -3.33. The maximum Gasteiger partial charge on any atom is 0.416 e. The number of carboxylic acids is 1. The van der Waals surface area contributed by atoms with Crippen LogP contribution in [0.3, 0.4) is 0 Å². The van der Waals surface area contributed by atoms with Gasteiger partial charge in [-0.25, -0.2) is 4.39 Å². The number of ether oxygens (including phenoxy) is 1. The summed E-state index contributed by atoms with van der Waals surface area (Å²) < 4.78 is 119. The van der Waals surface area contributed by atoms with Crippen LogP contribution in [0.15, 0.2) is 54.6 Å². The molecule has 4 atom stereocenters. The molecule has 0 amide bonds. The first kappa shape index (κ1) is 31.1. The Morgan fingerprint density at radius 2 is 1.72 bits per heavy atom. The zero-order chi connectivity index (χ0) is 31.3. The van der Waals surface area contributed by atoms with E-state index in [4.69, 9.17) is 9.84 Å². The van der Waals surface area contributed by atoms with Crippen LogP contribution in [0.25, 0.3) is 11.1 Å². The van der Waals surface area contributed by atoms with E-state index < -0.39 is 64.9 Å². The quantitative estimate of drug-likeness (QED) is 0.217. The molecule has 2 heterocycles. The molecule has 0 saturated carbocycles. The summed E-state index contributed by atoms with van der Waals surface area (Å²) in [6, 6.07) is 7.51. The maximum absolute atomic E-state index is 14.2. The first-order chi connectivity index (χ1) is 20.2. The Kier molecular flexibility index (Phi) is 8.42. The van der Waals surface area contributed by atoms with Crippen LogP contribution in [0.5, 0.6) is 5.75 Å². The van der Waals surface area contributed by atoms with Crippen molar-refractivity contribution in [2.24, 2.45) is 0 Å². The molecular formula is C29H25F7N2O4S. The van der Waals surface area contributed by atoms with Crippen LogP contribution in [-0.2, 0) is 35.1 Å². The Morgan fingerprint density at radius 1 is 1.00 bits per heavy atom. The van der Waals surface area contributed by atoms with E-state index in [2.05, 4.69) is 4.72 Å². The summed E-state index contributed by atoms with van der Waals surface area (Å²) in [5.41, 5.74) is -0.747. The molecule has 0 bridgehead atoms. The lowest BCUT2D eigenvalue weighted by Crippen LogP contribution is -2.33. The van der Waals surface area contributed by atoms with Crippen molar-refractivity contribution in [2.45, 2.75) is 56.2 Å². The van der Waals surface area contributed by atoms with Crippen LogP contribution < -0.4 is 9.46 Å². The van der Waals surface area contributed by atoms with Crippen molar-refractivity contribution in [1.82, 2.24) is 9.03 Å². The number of benzene rings is 3. The minimum atomic E-state index is -4.82. The molecular weight excluding hydrogens is 605 g/mol. The second-order valence-electron chi connectivity index (χ2n) is 10.4. The highest BCUT2D eigenvalue weighted by Gasteiger charge is 2.54. The number of nitrogens with one attached hydrogen (secondary N) is 1. The smallest absolute Gasteiger partial charge is 0.416 e. The van der Waals surface area contributed by atoms with Gasteiger partial charge in [-0.2, -0.15) is 26.3 Å². The van der Waals surface area contributed by atoms with Crippen molar-refractivity contribution in [3.63, 3.8) is 0 Å². The first-order valence-corrected chi connectivity index (χ1v) is 14.2. The van der Waals surface area contributed by atoms with Gasteiger partial charge in [-0.1, -0.05) is 16.4 Å². The van der Waals surface area contributed by atoms with Crippen molar-refractivity contribution in [2.75, 3.05) is 7.11 Å². The first-order valence-electron chi connectivity index (χ1n) is 13.1. The van der Waals surface area contributed by atoms with E-state index in [1.807, 2.05) is 0 Å². The molecule has 5 rings (SSSR count). The standard InChI is InChI=1S/C29H25F7N2O4S/c1-42-25-8-2-15(3-9-26(39)40)10-22(25)20-5-4-17(28(31,32)33)14-21(20)23-6-7-24-27(37-43(41)38(23)24)16-11-18(29(34,35)36)13-19(30)12-16/h2,4-5,8,10-14,23-24,27,37H,3,6-7,9H2,1H3,(H,39,40)/t23-,24?,27?,43?/m0/s1. The zero-order valence-corrected chi connectivity index (χ0v) is 23.2. The molecule has 2 fully saturated rings. The fourth-order valence-electron chi connectivity index (χ4n) is 5.79. The highest BCUT2D eigenvalue weighted by Crippen LogP contribution is 2.51. The van der Waals surface area contributed by atoms with E-state index in [0.29, 0.717) is 28.5 Å². The number of aryl methyl sites for hydroxylation is 1. The molecule has 230 valence electrons. The largest absolute Gasteiger partial charge is 0.579 e. The number of aliphatic carboxylic acids is 1. The van der Waals surface area contributed by atoms with E-state index in [9.17, 15) is 40.1 Å². The Morgan fingerprint density at radius 3 is 2.37 bits per heavy atom.